The quantitative estimate of drug-likeness (QED) is 0.568. The third-order valence-electron chi connectivity index (χ3n) is 6.55. The predicted octanol–water partition coefficient (Wildman–Crippen LogP) is 6.06. The number of piperidine rings is 1. The van der Waals surface area contributed by atoms with Crippen LogP contribution in [-0.2, 0) is 0 Å². The molecule has 0 saturated carbocycles. The molecule has 1 aromatic carbocycles. The fourth-order valence-corrected chi connectivity index (χ4v) is 4.60. The molecule has 1 aromatic heterocycles. The lowest BCUT2D eigenvalue weighted by Crippen LogP contribution is -2.35. The average Bonchev–Trinajstić information content (AvgIpc) is 2.81. The molecule has 1 aliphatic carbocycles. The van der Waals surface area contributed by atoms with Crippen molar-refractivity contribution in [2.24, 2.45) is 5.92 Å². The molecule has 1 aliphatic heterocycles. The lowest BCUT2D eigenvalue weighted by molar-refractivity contribution is 0.194. The highest BCUT2D eigenvalue weighted by Gasteiger charge is 2.20. The van der Waals surface area contributed by atoms with Gasteiger partial charge in [-0.25, -0.2) is 0 Å². The largest absolute Gasteiger partial charge is 0.368 e. The highest BCUT2D eigenvalue weighted by atomic mass is 15.2. The van der Waals surface area contributed by atoms with Crippen LogP contribution in [0.25, 0.3) is 11.3 Å². The Morgan fingerprint density at radius 3 is 2.58 bits per heavy atom. The summed E-state index contributed by atoms with van der Waals surface area (Å²) in [6.45, 7) is 8.99. The molecule has 1 fully saturated rings. The zero-order chi connectivity index (χ0) is 21.5. The van der Waals surface area contributed by atoms with Crippen LogP contribution < -0.4 is 5.32 Å². The number of hydrogen-bond acceptors (Lipinski definition) is 4. The third kappa shape index (κ3) is 6.04. The van der Waals surface area contributed by atoms with E-state index in [-0.39, 0.29) is 0 Å². The van der Waals surface area contributed by atoms with E-state index in [0.29, 0.717) is 5.92 Å². The van der Waals surface area contributed by atoms with Gasteiger partial charge in [-0.15, -0.1) is 10.2 Å². The number of rotatable bonds is 8. The number of benzene rings is 1. The van der Waals surface area contributed by atoms with Crippen LogP contribution in [0.1, 0.15) is 57.4 Å². The molecule has 0 unspecified atom stereocenters. The molecule has 0 spiro atoms. The second kappa shape index (κ2) is 10.7. The summed E-state index contributed by atoms with van der Waals surface area (Å²) in [5, 5.41) is 12.6. The molecule has 0 bridgehead atoms. The summed E-state index contributed by atoms with van der Waals surface area (Å²) in [5.74, 6) is 2.16. The van der Waals surface area contributed by atoms with E-state index in [2.05, 4.69) is 70.7 Å². The Bertz CT molecular complexity index is 893. The molecule has 4 rings (SSSR count). The molecule has 31 heavy (non-hydrogen) atoms. The summed E-state index contributed by atoms with van der Waals surface area (Å²) in [6, 6.07) is 12.5. The standard InChI is InChI=1S/C27H36N4/c1-21(2)25-19-26(24-11-7-4-8-12-24)29-30-27(25)28-16-13-22-14-17-31(18-15-22)20-23-9-5-3-6-10-23/h4-5,7-12,19,21-22H,3,6,13-18,20H2,1-2H3,(H,28,30). The molecular formula is C27H36N4. The Kier molecular flexibility index (Phi) is 7.52. The number of anilines is 1. The number of allylic oxidation sites excluding steroid dienone is 2. The van der Waals surface area contributed by atoms with Crippen molar-refractivity contribution in [3.05, 3.63) is 65.8 Å². The van der Waals surface area contributed by atoms with Gasteiger partial charge in [0.05, 0.1) is 5.69 Å². The Labute approximate surface area is 187 Å². The van der Waals surface area contributed by atoms with Crippen LogP contribution in [0, 0.1) is 5.92 Å². The maximum absolute atomic E-state index is 4.55. The smallest absolute Gasteiger partial charge is 0.152 e. The van der Waals surface area contributed by atoms with E-state index in [0.717, 1.165) is 36.1 Å². The molecule has 164 valence electrons. The fourth-order valence-electron chi connectivity index (χ4n) is 4.60. The van der Waals surface area contributed by atoms with Crippen LogP contribution in [0.4, 0.5) is 5.82 Å². The summed E-state index contributed by atoms with van der Waals surface area (Å²) in [4.78, 5) is 2.62. The van der Waals surface area contributed by atoms with Gasteiger partial charge in [0.25, 0.3) is 0 Å². The van der Waals surface area contributed by atoms with Crippen molar-refractivity contribution in [3.63, 3.8) is 0 Å². The first kappa shape index (κ1) is 21.8. The molecule has 2 aromatic rings. The van der Waals surface area contributed by atoms with E-state index in [1.807, 2.05) is 18.2 Å². The van der Waals surface area contributed by atoms with E-state index in [9.17, 15) is 0 Å². The van der Waals surface area contributed by atoms with Crippen LogP contribution in [0.5, 0.6) is 0 Å². The van der Waals surface area contributed by atoms with Crippen LogP contribution in [0.2, 0.25) is 0 Å². The number of aromatic nitrogens is 2. The van der Waals surface area contributed by atoms with Gasteiger partial charge in [0.2, 0.25) is 0 Å². The van der Waals surface area contributed by atoms with E-state index in [1.54, 1.807) is 0 Å². The maximum atomic E-state index is 4.55. The minimum absolute atomic E-state index is 0.409. The van der Waals surface area contributed by atoms with Gasteiger partial charge in [-0.1, -0.05) is 62.4 Å². The zero-order valence-corrected chi connectivity index (χ0v) is 19.1. The summed E-state index contributed by atoms with van der Waals surface area (Å²) in [5.41, 5.74) is 4.82. The topological polar surface area (TPSA) is 41.1 Å². The molecule has 1 N–H and O–H groups in total. The van der Waals surface area contributed by atoms with E-state index >= 15 is 0 Å². The van der Waals surface area contributed by atoms with E-state index in [4.69, 9.17) is 0 Å². The Morgan fingerprint density at radius 1 is 1.06 bits per heavy atom. The van der Waals surface area contributed by atoms with E-state index in [1.165, 1.54) is 56.3 Å². The van der Waals surface area contributed by atoms with Gasteiger partial charge < -0.3 is 5.32 Å². The second-order valence-electron chi connectivity index (χ2n) is 9.25. The van der Waals surface area contributed by atoms with Crippen molar-refractivity contribution in [1.29, 1.82) is 0 Å². The molecule has 4 heteroatoms. The summed E-state index contributed by atoms with van der Waals surface area (Å²) >= 11 is 0. The normalized spacial score (nSPS) is 17.7. The third-order valence-corrected chi connectivity index (χ3v) is 6.55. The molecule has 0 amide bonds. The average molecular weight is 417 g/mol. The van der Waals surface area contributed by atoms with Crippen molar-refractivity contribution >= 4 is 5.82 Å². The Hall–Kier alpha value is -2.46. The van der Waals surface area contributed by atoms with Crippen molar-refractivity contribution < 1.29 is 0 Å². The van der Waals surface area contributed by atoms with Crippen LogP contribution in [0.3, 0.4) is 0 Å². The summed E-state index contributed by atoms with van der Waals surface area (Å²) < 4.78 is 0. The van der Waals surface area contributed by atoms with Gasteiger partial charge in [-0.05, 0) is 68.7 Å². The summed E-state index contributed by atoms with van der Waals surface area (Å²) in [6.07, 6.45) is 13.3. The monoisotopic (exact) mass is 416 g/mol. The van der Waals surface area contributed by atoms with Crippen LogP contribution in [-0.4, -0.2) is 41.3 Å². The molecule has 0 atom stereocenters. The molecule has 1 saturated heterocycles. The molecule has 4 nitrogen and oxygen atoms in total. The van der Waals surface area contributed by atoms with Crippen molar-refractivity contribution in [2.45, 2.75) is 51.9 Å². The number of nitrogens with zero attached hydrogens (tertiary/aromatic N) is 3. The highest BCUT2D eigenvalue weighted by Crippen LogP contribution is 2.27. The Morgan fingerprint density at radius 2 is 1.87 bits per heavy atom. The first-order valence-corrected chi connectivity index (χ1v) is 11.9. The molecule has 2 heterocycles. The maximum Gasteiger partial charge on any atom is 0.152 e. The van der Waals surface area contributed by atoms with Crippen LogP contribution >= 0.6 is 0 Å². The van der Waals surface area contributed by atoms with Crippen molar-refractivity contribution in [2.75, 3.05) is 31.5 Å². The van der Waals surface area contributed by atoms with Gasteiger partial charge >= 0.3 is 0 Å². The van der Waals surface area contributed by atoms with Crippen molar-refractivity contribution in [3.8, 4) is 11.3 Å². The van der Waals surface area contributed by atoms with E-state index < -0.39 is 0 Å². The number of likely N-dealkylation sites (tertiary alicyclic amines) is 1. The van der Waals surface area contributed by atoms with Gasteiger partial charge in [-0.3, -0.25) is 4.90 Å². The molecule has 2 aliphatic rings. The lowest BCUT2D eigenvalue weighted by Gasteiger charge is -2.32. The second-order valence-corrected chi connectivity index (χ2v) is 9.25. The molecular weight excluding hydrogens is 380 g/mol. The SMILES string of the molecule is CC(C)c1cc(-c2ccccc2)nnc1NCCC1CCN(CC2=CCCC=C2)CC1. The highest BCUT2D eigenvalue weighted by molar-refractivity contribution is 5.62. The first-order chi connectivity index (χ1) is 15.2. The fraction of sp³-hybridized carbons (Fsp3) is 0.481. The number of hydrogen-bond donors (Lipinski definition) is 1. The lowest BCUT2D eigenvalue weighted by atomic mass is 9.93. The van der Waals surface area contributed by atoms with Crippen molar-refractivity contribution in [1.82, 2.24) is 15.1 Å². The minimum atomic E-state index is 0.409. The Balaban J connectivity index is 1.27. The number of nitrogens with one attached hydrogen (secondary N) is 1. The minimum Gasteiger partial charge on any atom is -0.368 e. The van der Waals surface area contributed by atoms with Gasteiger partial charge in [0.1, 0.15) is 0 Å². The van der Waals surface area contributed by atoms with Gasteiger partial charge in [-0.2, -0.15) is 0 Å². The van der Waals surface area contributed by atoms with Crippen LogP contribution in [0.15, 0.2) is 60.2 Å². The predicted molar refractivity (Wildman–Crippen MR) is 130 cm³/mol. The van der Waals surface area contributed by atoms with Gasteiger partial charge in [0.15, 0.2) is 5.82 Å². The summed E-state index contributed by atoms with van der Waals surface area (Å²) in [7, 11) is 0. The first-order valence-electron chi connectivity index (χ1n) is 11.9. The molecule has 0 radical (unpaired) electrons. The van der Waals surface area contributed by atoms with Gasteiger partial charge in [0, 0.05) is 24.2 Å². The zero-order valence-electron chi connectivity index (χ0n) is 19.1.